The lowest BCUT2D eigenvalue weighted by atomic mass is 10.1. The number of carbonyl (C=O) groups is 4. The van der Waals surface area contributed by atoms with Crippen LogP contribution in [0, 0.1) is 5.82 Å². The van der Waals surface area contributed by atoms with Crippen molar-refractivity contribution in [2.75, 3.05) is 6.54 Å². The lowest BCUT2D eigenvalue weighted by Gasteiger charge is -2.29. The number of nitrogens with zero attached hydrogens (tertiary/aromatic N) is 2. The fourth-order valence-electron chi connectivity index (χ4n) is 3.29. The third kappa shape index (κ3) is 3.88. The molecule has 0 unspecified atom stereocenters. The van der Waals surface area contributed by atoms with Crippen LogP contribution in [0.4, 0.5) is 4.39 Å². The molecule has 0 saturated carbocycles. The van der Waals surface area contributed by atoms with Gasteiger partial charge in [-0.1, -0.05) is 35.3 Å². The summed E-state index contributed by atoms with van der Waals surface area (Å²) in [5, 5.41) is 1.63. The number of hydrogen-bond acceptors (Lipinski definition) is 4. The second-order valence-corrected chi connectivity index (χ2v) is 7.73. The van der Waals surface area contributed by atoms with Gasteiger partial charge in [-0.2, -0.15) is 5.01 Å². The van der Waals surface area contributed by atoms with Gasteiger partial charge in [-0.3, -0.25) is 19.2 Å². The van der Waals surface area contributed by atoms with Crippen LogP contribution in [0.5, 0.6) is 0 Å². The molecular formula is C23H13Cl2FN2O4. The summed E-state index contributed by atoms with van der Waals surface area (Å²) >= 11 is 12.1. The maximum atomic E-state index is 13.4. The highest BCUT2D eigenvalue weighted by atomic mass is 35.5. The van der Waals surface area contributed by atoms with Gasteiger partial charge in [0.05, 0.1) is 21.7 Å². The minimum atomic E-state index is -0.850. The molecule has 1 heterocycles. The minimum absolute atomic E-state index is 0.0154. The average Bonchev–Trinajstić information content (AvgIpc) is 3.02. The highest BCUT2D eigenvalue weighted by Gasteiger charge is 2.42. The van der Waals surface area contributed by atoms with E-state index < -0.39 is 35.9 Å². The molecule has 3 amide bonds. The first-order valence-electron chi connectivity index (χ1n) is 9.31. The lowest BCUT2D eigenvalue weighted by Crippen LogP contribution is -2.51. The van der Waals surface area contributed by atoms with Gasteiger partial charge in [-0.05, 0) is 54.6 Å². The van der Waals surface area contributed by atoms with Gasteiger partial charge in [0.2, 0.25) is 0 Å². The Hall–Kier alpha value is -3.55. The number of halogens is 3. The van der Waals surface area contributed by atoms with Gasteiger partial charge in [0.15, 0.2) is 5.78 Å². The number of hydrazine groups is 1. The Morgan fingerprint density at radius 1 is 0.875 bits per heavy atom. The molecule has 32 heavy (non-hydrogen) atoms. The number of ketones is 1. The van der Waals surface area contributed by atoms with Crippen LogP contribution >= 0.6 is 23.2 Å². The van der Waals surface area contributed by atoms with E-state index in [1.165, 1.54) is 42.5 Å². The van der Waals surface area contributed by atoms with Crippen molar-refractivity contribution >= 4 is 46.7 Å². The standard InChI is InChI=1S/C23H13Cl2FN2O4/c24-14-7-10-18(19(25)11-14)21(30)27(12-20(29)13-5-8-15(26)9-6-13)28-22(31)16-3-1-2-4-17(16)23(28)32/h1-11H,12H2. The van der Waals surface area contributed by atoms with Crippen LogP contribution in [0.25, 0.3) is 0 Å². The van der Waals surface area contributed by atoms with Gasteiger partial charge >= 0.3 is 0 Å². The van der Waals surface area contributed by atoms with E-state index in [1.54, 1.807) is 12.1 Å². The second-order valence-electron chi connectivity index (χ2n) is 6.88. The molecule has 0 spiro atoms. The monoisotopic (exact) mass is 470 g/mol. The zero-order valence-corrected chi connectivity index (χ0v) is 17.7. The SMILES string of the molecule is O=C(CN(C(=O)c1ccc(Cl)cc1Cl)N1C(=O)c2ccccc2C1=O)c1ccc(F)cc1. The van der Waals surface area contributed by atoms with Gasteiger partial charge < -0.3 is 0 Å². The van der Waals surface area contributed by atoms with Crippen molar-refractivity contribution in [3.8, 4) is 0 Å². The van der Waals surface area contributed by atoms with Crippen molar-refractivity contribution in [1.29, 1.82) is 0 Å². The molecule has 6 nitrogen and oxygen atoms in total. The third-order valence-corrected chi connectivity index (χ3v) is 5.42. The Kier molecular flexibility index (Phi) is 5.78. The van der Waals surface area contributed by atoms with Crippen molar-refractivity contribution < 1.29 is 23.6 Å². The van der Waals surface area contributed by atoms with E-state index >= 15 is 0 Å². The Morgan fingerprint density at radius 3 is 2.03 bits per heavy atom. The normalized spacial score (nSPS) is 12.7. The number of carbonyl (C=O) groups excluding carboxylic acids is 4. The fourth-order valence-corrected chi connectivity index (χ4v) is 3.78. The van der Waals surface area contributed by atoms with Crippen molar-refractivity contribution in [3.05, 3.63) is 105 Å². The predicted molar refractivity (Wildman–Crippen MR) is 115 cm³/mol. The van der Waals surface area contributed by atoms with Crippen LogP contribution in [0.15, 0.2) is 66.7 Å². The molecule has 160 valence electrons. The Bertz CT molecular complexity index is 1240. The summed E-state index contributed by atoms with van der Waals surface area (Å²) in [6.45, 7) is -0.658. The molecule has 1 aliphatic heterocycles. The molecule has 0 bridgehead atoms. The molecule has 0 N–H and O–H groups in total. The van der Waals surface area contributed by atoms with Crippen molar-refractivity contribution in [1.82, 2.24) is 10.0 Å². The molecule has 3 aromatic rings. The van der Waals surface area contributed by atoms with Crippen LogP contribution in [-0.4, -0.2) is 40.1 Å². The maximum absolute atomic E-state index is 13.4. The predicted octanol–water partition coefficient (Wildman–Crippen LogP) is 4.67. The van der Waals surface area contributed by atoms with Gasteiger partial charge in [-0.25, -0.2) is 9.40 Å². The van der Waals surface area contributed by atoms with Gasteiger partial charge in [-0.15, -0.1) is 0 Å². The molecule has 0 fully saturated rings. The molecule has 0 saturated heterocycles. The number of rotatable bonds is 5. The zero-order chi connectivity index (χ0) is 23.0. The van der Waals surface area contributed by atoms with Crippen molar-refractivity contribution in [2.45, 2.75) is 0 Å². The Balaban J connectivity index is 1.75. The molecule has 0 radical (unpaired) electrons. The van der Waals surface area contributed by atoms with Crippen molar-refractivity contribution in [3.63, 3.8) is 0 Å². The first-order chi connectivity index (χ1) is 15.3. The Morgan fingerprint density at radius 2 is 1.47 bits per heavy atom. The molecular weight excluding hydrogens is 458 g/mol. The molecule has 0 aliphatic carbocycles. The molecule has 9 heteroatoms. The molecule has 0 atom stereocenters. The van der Waals surface area contributed by atoms with Gasteiger partial charge in [0.1, 0.15) is 12.4 Å². The summed E-state index contributed by atoms with van der Waals surface area (Å²) in [6, 6.07) is 14.8. The van der Waals surface area contributed by atoms with Gasteiger partial charge in [0, 0.05) is 10.6 Å². The number of hydrogen-bond donors (Lipinski definition) is 0. The third-order valence-electron chi connectivity index (χ3n) is 4.87. The van der Waals surface area contributed by atoms with Crippen molar-refractivity contribution in [2.24, 2.45) is 0 Å². The molecule has 3 aromatic carbocycles. The highest BCUT2D eigenvalue weighted by molar-refractivity contribution is 6.37. The minimum Gasteiger partial charge on any atom is -0.292 e. The summed E-state index contributed by atoms with van der Waals surface area (Å²) in [5.41, 5.74) is 0.251. The van der Waals surface area contributed by atoms with Crippen LogP contribution in [0.3, 0.4) is 0 Å². The van der Waals surface area contributed by atoms with E-state index in [2.05, 4.69) is 0 Å². The van der Waals surface area contributed by atoms with Crippen LogP contribution < -0.4 is 0 Å². The quantitative estimate of drug-likeness (QED) is 0.401. The first-order valence-corrected chi connectivity index (χ1v) is 10.1. The average molecular weight is 471 g/mol. The second kappa shape index (κ2) is 8.53. The Labute approximate surface area is 191 Å². The maximum Gasteiger partial charge on any atom is 0.280 e. The molecule has 1 aliphatic rings. The summed E-state index contributed by atoms with van der Waals surface area (Å²) in [5.74, 6) is -3.51. The number of benzene rings is 3. The smallest absolute Gasteiger partial charge is 0.280 e. The number of Topliss-reactive ketones (excluding diaryl/α,β-unsaturated/α-hetero) is 1. The highest BCUT2D eigenvalue weighted by Crippen LogP contribution is 2.28. The number of imide groups is 1. The van der Waals surface area contributed by atoms with E-state index in [-0.39, 0.29) is 32.3 Å². The van der Waals surface area contributed by atoms with Crippen LogP contribution in [0.1, 0.15) is 41.4 Å². The molecule has 0 aromatic heterocycles. The van der Waals surface area contributed by atoms with E-state index in [0.717, 1.165) is 17.1 Å². The summed E-state index contributed by atoms with van der Waals surface area (Å²) in [6.07, 6.45) is 0. The topological polar surface area (TPSA) is 74.8 Å². The largest absolute Gasteiger partial charge is 0.292 e. The van der Waals surface area contributed by atoms with Crippen LogP contribution in [0.2, 0.25) is 10.0 Å². The molecule has 4 rings (SSSR count). The van der Waals surface area contributed by atoms with Gasteiger partial charge in [0.25, 0.3) is 17.7 Å². The first kappa shape index (κ1) is 21.7. The summed E-state index contributed by atoms with van der Waals surface area (Å²) in [4.78, 5) is 52.2. The van der Waals surface area contributed by atoms with Crippen LogP contribution in [-0.2, 0) is 0 Å². The van der Waals surface area contributed by atoms with E-state index in [1.807, 2.05) is 0 Å². The zero-order valence-electron chi connectivity index (χ0n) is 16.2. The summed E-state index contributed by atoms with van der Waals surface area (Å²) in [7, 11) is 0. The lowest BCUT2D eigenvalue weighted by molar-refractivity contribution is 0.00532. The summed E-state index contributed by atoms with van der Waals surface area (Å²) < 4.78 is 13.2. The van der Waals surface area contributed by atoms with E-state index in [0.29, 0.717) is 5.01 Å². The number of fused-ring (bicyclic) bond motifs is 1. The van der Waals surface area contributed by atoms with E-state index in [4.69, 9.17) is 23.2 Å². The fraction of sp³-hybridized carbons (Fsp3) is 0.0435. The van der Waals surface area contributed by atoms with E-state index in [9.17, 15) is 23.6 Å². The number of amides is 3.